The van der Waals surface area contributed by atoms with Gasteiger partial charge in [-0.3, -0.25) is 4.79 Å². The van der Waals surface area contributed by atoms with Gasteiger partial charge in [0, 0.05) is 12.0 Å². The number of rotatable bonds is 7. The van der Waals surface area contributed by atoms with E-state index in [0.717, 1.165) is 55.5 Å². The molecule has 1 spiro atoms. The van der Waals surface area contributed by atoms with E-state index >= 15 is 0 Å². The van der Waals surface area contributed by atoms with Gasteiger partial charge in [-0.05, 0) is 97.9 Å². The minimum Gasteiger partial charge on any atom is -0.352 e. The molecule has 3 aliphatic rings. The Morgan fingerprint density at radius 1 is 1.17 bits per heavy atom. The van der Waals surface area contributed by atoms with E-state index in [1.54, 1.807) is 18.2 Å². The molecular weight excluding hydrogens is 444 g/mol. The number of aryl methyl sites for hydroxylation is 1. The molecule has 0 aliphatic heterocycles. The van der Waals surface area contributed by atoms with Crippen molar-refractivity contribution in [2.45, 2.75) is 51.9 Å². The van der Waals surface area contributed by atoms with Crippen LogP contribution in [0.2, 0.25) is 0 Å². The molecule has 180 valence electrons. The summed E-state index contributed by atoms with van der Waals surface area (Å²) in [5.41, 5.74) is 6.04. The molecule has 35 heavy (non-hydrogen) atoms. The number of amides is 1. The Morgan fingerprint density at radius 3 is 2.80 bits per heavy atom. The molecule has 0 bridgehead atoms. The molecule has 3 aromatic rings. The number of benzene rings is 2. The van der Waals surface area contributed by atoms with Crippen LogP contribution in [0.15, 0.2) is 54.2 Å². The van der Waals surface area contributed by atoms with E-state index < -0.39 is 5.82 Å². The van der Waals surface area contributed by atoms with E-state index in [1.807, 2.05) is 23.9 Å². The average molecular weight is 474 g/mol. The number of nitrogens with zero attached hydrogens (tertiary/aromatic N) is 2. The summed E-state index contributed by atoms with van der Waals surface area (Å²) in [6, 6.07) is 11.4. The lowest BCUT2D eigenvalue weighted by Gasteiger charge is -2.24. The maximum Gasteiger partial charge on any atom is 0.254 e. The largest absolute Gasteiger partial charge is 0.352 e. The molecule has 3 aliphatic carbocycles. The van der Waals surface area contributed by atoms with Crippen molar-refractivity contribution in [2.24, 2.45) is 10.8 Å². The molecule has 2 fully saturated rings. The van der Waals surface area contributed by atoms with Crippen LogP contribution in [0, 0.1) is 22.5 Å². The van der Waals surface area contributed by atoms with Gasteiger partial charge in [-0.1, -0.05) is 24.6 Å². The summed E-state index contributed by atoms with van der Waals surface area (Å²) in [5, 5.41) is 7.45. The molecule has 2 atom stereocenters. The van der Waals surface area contributed by atoms with Crippen molar-refractivity contribution >= 4 is 12.0 Å². The Hall–Kier alpha value is -3.28. The summed E-state index contributed by atoms with van der Waals surface area (Å²) in [4.78, 5) is 12.6. The first-order valence-electron chi connectivity index (χ1n) is 12.6. The highest BCUT2D eigenvalue weighted by molar-refractivity contribution is 5.96. The van der Waals surface area contributed by atoms with Gasteiger partial charge in [-0.2, -0.15) is 5.10 Å². The van der Waals surface area contributed by atoms with Crippen molar-refractivity contribution in [3.05, 3.63) is 88.3 Å². The van der Waals surface area contributed by atoms with Crippen LogP contribution >= 0.6 is 0 Å². The summed E-state index contributed by atoms with van der Waals surface area (Å²) in [5.74, 6) is -1.01. The Labute approximate surface area is 204 Å². The molecule has 0 radical (unpaired) electrons. The van der Waals surface area contributed by atoms with Crippen LogP contribution < -0.4 is 5.32 Å². The Balaban J connectivity index is 1.23. The van der Waals surface area contributed by atoms with Crippen molar-refractivity contribution in [2.75, 3.05) is 6.54 Å². The van der Waals surface area contributed by atoms with Crippen molar-refractivity contribution in [3.63, 3.8) is 0 Å². The molecule has 1 N–H and O–H groups in total. The first kappa shape index (κ1) is 22.2. The minimum atomic E-state index is -0.443. The van der Waals surface area contributed by atoms with Crippen molar-refractivity contribution < 1.29 is 13.6 Å². The third-order valence-electron chi connectivity index (χ3n) is 8.51. The summed E-state index contributed by atoms with van der Waals surface area (Å²) < 4.78 is 29.9. The molecule has 2 aromatic carbocycles. The van der Waals surface area contributed by atoms with E-state index in [-0.39, 0.29) is 28.1 Å². The fourth-order valence-electron chi connectivity index (χ4n) is 6.65. The highest BCUT2D eigenvalue weighted by Gasteiger charge is 2.71. The highest BCUT2D eigenvalue weighted by Crippen LogP contribution is 2.79. The second-order valence-corrected chi connectivity index (χ2v) is 10.4. The monoisotopic (exact) mass is 473 g/mol. The predicted octanol–water partition coefficient (Wildman–Crippen LogP) is 6.03. The standard InChI is InChI=1S/C29H29F2N3O/c1-2-14-32-27(35)26-19(4-3-5-24(26)31)10-12-28-13-11-21-15-25-20(16-29(21,28)18-28)17-33-34(25)23-8-6-22(30)7-9-23/h3-9,15,17H,2,10-14,16,18H2,1H3,(H,32,35)/t28-,29?/m1/s1. The molecule has 1 heterocycles. The Kier molecular flexibility index (Phi) is 5.17. The van der Waals surface area contributed by atoms with E-state index in [9.17, 15) is 13.6 Å². The topological polar surface area (TPSA) is 46.9 Å². The lowest BCUT2D eigenvalue weighted by Crippen LogP contribution is -2.26. The normalized spacial score (nSPS) is 23.8. The van der Waals surface area contributed by atoms with Crippen molar-refractivity contribution in [1.82, 2.24) is 15.1 Å². The number of aromatic nitrogens is 2. The third-order valence-corrected chi connectivity index (χ3v) is 8.51. The van der Waals surface area contributed by atoms with Gasteiger partial charge >= 0.3 is 0 Å². The molecule has 4 nitrogen and oxygen atoms in total. The number of carbonyl (C=O) groups is 1. The predicted molar refractivity (Wildman–Crippen MR) is 131 cm³/mol. The van der Waals surface area contributed by atoms with Crippen molar-refractivity contribution in [3.8, 4) is 5.69 Å². The number of hydrogen-bond acceptors (Lipinski definition) is 2. The lowest BCUT2D eigenvalue weighted by atomic mass is 9.80. The zero-order chi connectivity index (χ0) is 24.2. The molecule has 0 saturated heterocycles. The second kappa shape index (κ2) is 8.14. The van der Waals surface area contributed by atoms with Gasteiger partial charge in [0.2, 0.25) is 0 Å². The molecule has 1 aromatic heterocycles. The van der Waals surface area contributed by atoms with Gasteiger partial charge < -0.3 is 5.32 Å². The lowest BCUT2D eigenvalue weighted by molar-refractivity contribution is 0.0948. The summed E-state index contributed by atoms with van der Waals surface area (Å²) in [6.07, 6.45) is 11.0. The van der Waals surface area contributed by atoms with Crippen LogP contribution in [-0.4, -0.2) is 22.2 Å². The zero-order valence-corrected chi connectivity index (χ0v) is 19.9. The van der Waals surface area contributed by atoms with E-state index in [4.69, 9.17) is 0 Å². The van der Waals surface area contributed by atoms with Gasteiger partial charge in [0.05, 0.1) is 23.1 Å². The van der Waals surface area contributed by atoms with Gasteiger partial charge in [-0.25, -0.2) is 13.5 Å². The van der Waals surface area contributed by atoms with Gasteiger partial charge in [0.25, 0.3) is 5.91 Å². The van der Waals surface area contributed by atoms with Crippen LogP contribution in [-0.2, 0) is 12.8 Å². The summed E-state index contributed by atoms with van der Waals surface area (Å²) in [6.45, 7) is 2.53. The van der Waals surface area contributed by atoms with Crippen LogP contribution in [0.4, 0.5) is 8.78 Å². The molecule has 1 amide bonds. The van der Waals surface area contributed by atoms with Crippen LogP contribution in [0.3, 0.4) is 0 Å². The highest BCUT2D eigenvalue weighted by atomic mass is 19.1. The molecule has 2 saturated carbocycles. The summed E-state index contributed by atoms with van der Waals surface area (Å²) >= 11 is 0. The van der Waals surface area contributed by atoms with Crippen LogP contribution in [0.25, 0.3) is 11.8 Å². The fraction of sp³-hybridized carbons (Fsp3) is 0.379. The number of carbonyl (C=O) groups excluding carboxylic acids is 1. The Bertz CT molecular complexity index is 1340. The first-order valence-corrected chi connectivity index (χ1v) is 12.6. The maximum absolute atomic E-state index is 14.6. The number of halogens is 2. The van der Waals surface area contributed by atoms with Crippen LogP contribution in [0.1, 0.15) is 66.2 Å². The van der Waals surface area contributed by atoms with Gasteiger partial charge in [-0.15, -0.1) is 0 Å². The smallest absolute Gasteiger partial charge is 0.254 e. The Morgan fingerprint density at radius 2 is 2.00 bits per heavy atom. The number of nitrogens with one attached hydrogen (secondary N) is 1. The number of allylic oxidation sites excluding steroid dienone is 1. The number of hydrogen-bond donors (Lipinski definition) is 1. The van der Waals surface area contributed by atoms with Gasteiger partial charge in [0.1, 0.15) is 11.6 Å². The molecule has 6 heteroatoms. The third kappa shape index (κ3) is 3.45. The molecule has 6 rings (SSSR count). The van der Waals surface area contributed by atoms with Crippen LogP contribution in [0.5, 0.6) is 0 Å². The average Bonchev–Trinajstić information content (AvgIpc) is 3.13. The SMILES string of the molecule is CCCNC(=O)c1c(F)cccc1CC[C@]12CCC3=Cc4c(cnn4-c4ccc(F)cc4)CC31C2. The van der Waals surface area contributed by atoms with E-state index in [0.29, 0.717) is 13.0 Å². The van der Waals surface area contributed by atoms with Crippen molar-refractivity contribution in [1.29, 1.82) is 0 Å². The quantitative estimate of drug-likeness (QED) is 0.455. The fourth-order valence-corrected chi connectivity index (χ4v) is 6.65. The second-order valence-electron chi connectivity index (χ2n) is 10.4. The molecule has 1 unspecified atom stereocenters. The molecular formula is C29H29F2N3O. The maximum atomic E-state index is 14.6. The first-order chi connectivity index (χ1) is 17.0. The summed E-state index contributed by atoms with van der Waals surface area (Å²) in [7, 11) is 0. The van der Waals surface area contributed by atoms with E-state index in [2.05, 4.69) is 16.5 Å². The minimum absolute atomic E-state index is 0.161. The van der Waals surface area contributed by atoms with Gasteiger partial charge in [0.15, 0.2) is 0 Å². The van der Waals surface area contributed by atoms with E-state index in [1.165, 1.54) is 29.3 Å². The zero-order valence-electron chi connectivity index (χ0n) is 19.9. The number of fused-ring (bicyclic) bond motifs is 1.